The minimum absolute atomic E-state index is 0.0512. The molecule has 0 aromatic heterocycles. The van der Waals surface area contributed by atoms with Crippen molar-refractivity contribution in [1.29, 1.82) is 0 Å². The Balaban J connectivity index is 4.53. The predicted molar refractivity (Wildman–Crippen MR) is 230 cm³/mol. The van der Waals surface area contributed by atoms with E-state index in [1.54, 1.807) is 0 Å². The zero-order valence-electron chi connectivity index (χ0n) is 36.0. The largest absolute Gasteiger partial charge is 0.756 e. The summed E-state index contributed by atoms with van der Waals surface area (Å²) in [6, 6.07) is -1.10. The number of nitrogens with one attached hydrogen (secondary N) is 1. The van der Waals surface area contributed by atoms with Gasteiger partial charge in [-0.25, -0.2) is 0 Å². The lowest BCUT2D eigenvalue weighted by molar-refractivity contribution is -0.870. The van der Waals surface area contributed by atoms with E-state index in [9.17, 15) is 24.5 Å². The van der Waals surface area contributed by atoms with E-state index in [1.807, 2.05) is 21.1 Å². The Morgan fingerprint density at radius 1 is 0.655 bits per heavy atom. The molecule has 9 nitrogen and oxygen atoms in total. The summed E-state index contributed by atoms with van der Waals surface area (Å²) in [7, 11) is 1.09. The Bertz CT molecular complexity index is 1060. The average molecular weight is 797 g/mol. The number of phosphoric ester groups is 1. The van der Waals surface area contributed by atoms with Gasteiger partial charge in [0.15, 0.2) is 0 Å². The number of quaternary nitrogens is 1. The molecule has 0 saturated carbocycles. The molecule has 0 saturated heterocycles. The third-order valence-electron chi connectivity index (χ3n) is 9.61. The molecular weight excluding hydrogens is 711 g/mol. The Hall–Kier alpha value is -1.58. The number of aliphatic hydroxyl groups is 2. The van der Waals surface area contributed by atoms with Crippen LogP contribution in [0, 0.1) is 0 Å². The van der Waals surface area contributed by atoms with Crippen molar-refractivity contribution in [3.05, 3.63) is 48.6 Å². The van der Waals surface area contributed by atoms with Crippen LogP contribution in [0.25, 0.3) is 0 Å². The van der Waals surface area contributed by atoms with Crippen molar-refractivity contribution < 1.29 is 38.0 Å². The fraction of sp³-hybridized carbons (Fsp3) is 0.800. The number of nitrogens with zero attached hydrogens (tertiary/aromatic N) is 1. The summed E-state index contributed by atoms with van der Waals surface area (Å²) in [6.45, 7) is 4.33. The number of hydrogen-bond donors (Lipinski definition) is 3. The van der Waals surface area contributed by atoms with E-state index in [-0.39, 0.29) is 18.9 Å². The van der Waals surface area contributed by atoms with Crippen LogP contribution in [0.4, 0.5) is 0 Å². The third-order valence-corrected chi connectivity index (χ3v) is 10.6. The monoisotopic (exact) mass is 797 g/mol. The lowest BCUT2D eigenvalue weighted by Gasteiger charge is -2.31. The lowest BCUT2D eigenvalue weighted by Crippen LogP contribution is -2.51. The van der Waals surface area contributed by atoms with Crippen LogP contribution in [0.15, 0.2) is 48.6 Å². The molecule has 1 amide bonds. The zero-order valence-corrected chi connectivity index (χ0v) is 36.9. The first-order chi connectivity index (χ1) is 26.4. The Morgan fingerprint density at radius 2 is 1.11 bits per heavy atom. The number of aliphatic hydroxyl groups excluding tert-OH is 2. The van der Waals surface area contributed by atoms with Crippen molar-refractivity contribution in [2.24, 2.45) is 0 Å². The maximum Gasteiger partial charge on any atom is 0.268 e. The molecule has 0 heterocycles. The number of allylic oxidation sites excluding steroid dienone is 8. The number of carbonyl (C=O) groups is 1. The molecule has 0 aromatic rings. The molecule has 0 aliphatic carbocycles. The quantitative estimate of drug-likeness (QED) is 0.0245. The molecule has 10 heteroatoms. The van der Waals surface area contributed by atoms with Gasteiger partial charge in [0.1, 0.15) is 19.3 Å². The van der Waals surface area contributed by atoms with Gasteiger partial charge in [0, 0.05) is 6.42 Å². The summed E-state index contributed by atoms with van der Waals surface area (Å²) in [4.78, 5) is 25.3. The first kappa shape index (κ1) is 53.4. The van der Waals surface area contributed by atoms with Gasteiger partial charge < -0.3 is 34.0 Å². The summed E-state index contributed by atoms with van der Waals surface area (Å²) in [5, 5.41) is 24.5. The number of hydrogen-bond acceptors (Lipinski definition) is 7. The number of carbonyl (C=O) groups excluding carboxylic acids is 1. The third kappa shape index (κ3) is 37.7. The number of rotatable bonds is 39. The van der Waals surface area contributed by atoms with Crippen LogP contribution in [0.1, 0.15) is 174 Å². The summed E-state index contributed by atoms with van der Waals surface area (Å²) in [5.41, 5.74) is 0. The SMILES string of the molecule is CCCCC/C=C\C/C=C\CCCCCCCCCCCC(=O)NC(COP(=O)([O-])OCC[N+](C)(C)C)C(O)C(O)CCC/C=C/CC/C=C/CCCCC. The van der Waals surface area contributed by atoms with Gasteiger partial charge in [0.2, 0.25) is 5.91 Å². The van der Waals surface area contributed by atoms with Gasteiger partial charge in [0.25, 0.3) is 7.82 Å². The van der Waals surface area contributed by atoms with E-state index in [0.717, 1.165) is 57.8 Å². The van der Waals surface area contributed by atoms with Gasteiger partial charge in [-0.15, -0.1) is 0 Å². The second kappa shape index (κ2) is 36.7. The second-order valence-corrected chi connectivity index (χ2v) is 17.6. The molecule has 0 rings (SSSR count). The van der Waals surface area contributed by atoms with Gasteiger partial charge in [0.05, 0.1) is 39.9 Å². The highest BCUT2D eigenvalue weighted by atomic mass is 31.2. The summed E-state index contributed by atoms with van der Waals surface area (Å²) >= 11 is 0. The number of phosphoric acid groups is 1. The van der Waals surface area contributed by atoms with Crippen molar-refractivity contribution in [2.45, 2.75) is 193 Å². The molecule has 55 heavy (non-hydrogen) atoms. The highest BCUT2D eigenvalue weighted by Crippen LogP contribution is 2.38. The van der Waals surface area contributed by atoms with Gasteiger partial charge in [-0.05, 0) is 83.5 Å². The highest BCUT2D eigenvalue weighted by molar-refractivity contribution is 7.45. The highest BCUT2D eigenvalue weighted by Gasteiger charge is 2.29. The summed E-state index contributed by atoms with van der Waals surface area (Å²) < 4.78 is 23.1. The predicted octanol–water partition coefficient (Wildman–Crippen LogP) is 10.4. The fourth-order valence-corrected chi connectivity index (χ4v) is 6.73. The molecule has 3 N–H and O–H groups in total. The molecule has 0 spiro atoms. The van der Waals surface area contributed by atoms with Crippen LogP contribution in [0.3, 0.4) is 0 Å². The number of unbranched alkanes of at least 4 members (excludes halogenated alkanes) is 17. The summed E-state index contributed by atoms with van der Waals surface area (Å²) in [6.07, 6.45) is 41.5. The van der Waals surface area contributed by atoms with Crippen molar-refractivity contribution in [2.75, 3.05) is 40.9 Å². The van der Waals surface area contributed by atoms with Crippen LogP contribution >= 0.6 is 7.82 Å². The van der Waals surface area contributed by atoms with E-state index in [2.05, 4.69) is 67.8 Å². The molecule has 0 aromatic carbocycles. The van der Waals surface area contributed by atoms with Crippen LogP contribution in [-0.4, -0.2) is 79.8 Å². The Morgan fingerprint density at radius 3 is 1.64 bits per heavy atom. The molecule has 4 unspecified atom stereocenters. The van der Waals surface area contributed by atoms with Crippen molar-refractivity contribution in [3.8, 4) is 0 Å². The maximum atomic E-state index is 12.9. The van der Waals surface area contributed by atoms with Crippen LogP contribution < -0.4 is 10.2 Å². The van der Waals surface area contributed by atoms with Crippen LogP contribution in [-0.2, 0) is 18.4 Å². The number of amides is 1. The number of likely N-dealkylation sites (N-methyl/N-ethyl adjacent to an activating group) is 1. The van der Waals surface area contributed by atoms with Gasteiger partial charge in [-0.3, -0.25) is 9.36 Å². The smallest absolute Gasteiger partial charge is 0.268 e. The average Bonchev–Trinajstić information content (AvgIpc) is 3.13. The van der Waals surface area contributed by atoms with Gasteiger partial charge in [-0.1, -0.05) is 133 Å². The molecule has 0 fully saturated rings. The van der Waals surface area contributed by atoms with E-state index >= 15 is 0 Å². The maximum absolute atomic E-state index is 12.9. The molecule has 0 aliphatic heterocycles. The first-order valence-corrected chi connectivity index (χ1v) is 23.5. The minimum atomic E-state index is -4.68. The van der Waals surface area contributed by atoms with E-state index in [1.165, 1.54) is 77.0 Å². The first-order valence-electron chi connectivity index (χ1n) is 22.1. The second-order valence-electron chi connectivity index (χ2n) is 16.2. The normalized spacial score (nSPS) is 15.4. The van der Waals surface area contributed by atoms with E-state index < -0.39 is 32.7 Å². The standard InChI is InChI=1S/C45H85N2O7P/c1-6-8-10-12-14-16-18-20-21-22-23-24-25-26-28-30-32-34-36-38-44(49)46-42(41-54-55(51,52)53-40-39-47(3,4)5)45(50)43(48)37-35-33-31-29-27-19-17-15-13-11-9-7-2/h14-17,20-21,29,31,42-43,45,48,50H,6-13,18-19,22-28,30,32-41H2,1-5H3,(H-,46,49,51,52)/b16-14-,17-15+,21-20-,31-29+. The van der Waals surface area contributed by atoms with Gasteiger partial charge in [-0.2, -0.15) is 0 Å². The van der Waals surface area contributed by atoms with E-state index in [0.29, 0.717) is 30.3 Å². The van der Waals surface area contributed by atoms with Crippen molar-refractivity contribution in [1.82, 2.24) is 5.32 Å². The van der Waals surface area contributed by atoms with Crippen LogP contribution in [0.5, 0.6) is 0 Å². The molecule has 0 bridgehead atoms. The van der Waals surface area contributed by atoms with Crippen LogP contribution in [0.2, 0.25) is 0 Å². The molecule has 0 radical (unpaired) electrons. The van der Waals surface area contributed by atoms with Crippen molar-refractivity contribution in [3.63, 3.8) is 0 Å². The minimum Gasteiger partial charge on any atom is -0.756 e. The molecule has 322 valence electrons. The van der Waals surface area contributed by atoms with Crippen molar-refractivity contribution >= 4 is 13.7 Å². The van der Waals surface area contributed by atoms with Gasteiger partial charge >= 0.3 is 0 Å². The molecular formula is C45H85N2O7P. The molecule has 4 atom stereocenters. The lowest BCUT2D eigenvalue weighted by atomic mass is 10.0. The fourth-order valence-electron chi connectivity index (χ4n) is 6.00. The Labute approximate surface area is 338 Å². The summed E-state index contributed by atoms with van der Waals surface area (Å²) in [5.74, 6) is -0.300. The molecule has 0 aliphatic rings. The topological polar surface area (TPSA) is 128 Å². The Kier molecular flexibility index (Phi) is 35.7. The van der Waals surface area contributed by atoms with E-state index in [4.69, 9.17) is 9.05 Å². The zero-order chi connectivity index (χ0) is 40.9.